The van der Waals surface area contributed by atoms with E-state index in [-0.39, 0.29) is 17.2 Å². The summed E-state index contributed by atoms with van der Waals surface area (Å²) in [5, 5.41) is 8.66. The third kappa shape index (κ3) is 4.06. The van der Waals surface area contributed by atoms with Crippen LogP contribution in [0, 0.1) is 0 Å². The van der Waals surface area contributed by atoms with Gasteiger partial charge >= 0.3 is 0 Å². The molecular weight excluding hydrogens is 242 g/mol. The molecule has 0 aliphatic carbocycles. The highest BCUT2D eigenvalue weighted by Crippen LogP contribution is 2.01. The lowest BCUT2D eigenvalue weighted by atomic mass is 10.1. The molecule has 0 unspecified atom stereocenters. The quantitative estimate of drug-likeness (QED) is 0.788. The average molecular weight is 257 g/mol. The lowest BCUT2D eigenvalue weighted by Crippen LogP contribution is -2.26. The SMILES string of the molecule is O=C(NCCCc1ccccc1)c1ccc(=O)[nH]n1. The van der Waals surface area contributed by atoms with E-state index >= 15 is 0 Å². The van der Waals surface area contributed by atoms with Crippen LogP contribution in [-0.2, 0) is 6.42 Å². The van der Waals surface area contributed by atoms with E-state index in [0.717, 1.165) is 12.8 Å². The van der Waals surface area contributed by atoms with E-state index in [2.05, 4.69) is 27.6 Å². The second-order valence-electron chi connectivity index (χ2n) is 4.15. The van der Waals surface area contributed by atoms with E-state index in [0.29, 0.717) is 6.54 Å². The molecule has 1 amide bonds. The number of nitrogens with one attached hydrogen (secondary N) is 2. The average Bonchev–Trinajstić information content (AvgIpc) is 2.45. The van der Waals surface area contributed by atoms with Crippen molar-refractivity contribution in [2.24, 2.45) is 0 Å². The number of aromatic amines is 1. The summed E-state index contributed by atoms with van der Waals surface area (Å²) >= 11 is 0. The fourth-order valence-corrected chi connectivity index (χ4v) is 1.70. The van der Waals surface area contributed by atoms with Crippen molar-refractivity contribution in [2.75, 3.05) is 6.54 Å². The molecule has 5 nitrogen and oxygen atoms in total. The molecule has 0 radical (unpaired) electrons. The van der Waals surface area contributed by atoms with Crippen molar-refractivity contribution < 1.29 is 4.79 Å². The van der Waals surface area contributed by atoms with Crippen LogP contribution >= 0.6 is 0 Å². The molecule has 1 aromatic heterocycles. The lowest BCUT2D eigenvalue weighted by molar-refractivity contribution is 0.0947. The van der Waals surface area contributed by atoms with Crippen LogP contribution < -0.4 is 10.9 Å². The summed E-state index contributed by atoms with van der Waals surface area (Å²) in [5.41, 5.74) is 1.15. The summed E-state index contributed by atoms with van der Waals surface area (Å²) in [6.07, 6.45) is 1.78. The maximum Gasteiger partial charge on any atom is 0.271 e. The number of H-pyrrole nitrogens is 1. The topological polar surface area (TPSA) is 74.8 Å². The van der Waals surface area contributed by atoms with Crippen LogP contribution in [0.5, 0.6) is 0 Å². The monoisotopic (exact) mass is 257 g/mol. The minimum absolute atomic E-state index is 0.222. The predicted octanol–water partition coefficient (Wildman–Crippen LogP) is 1.13. The van der Waals surface area contributed by atoms with Crippen molar-refractivity contribution in [2.45, 2.75) is 12.8 Å². The van der Waals surface area contributed by atoms with Crippen molar-refractivity contribution in [3.05, 3.63) is 64.1 Å². The minimum Gasteiger partial charge on any atom is -0.351 e. The molecular formula is C14H15N3O2. The second-order valence-corrected chi connectivity index (χ2v) is 4.15. The van der Waals surface area contributed by atoms with E-state index in [1.165, 1.54) is 17.7 Å². The van der Waals surface area contributed by atoms with Crippen molar-refractivity contribution in [1.29, 1.82) is 0 Å². The van der Waals surface area contributed by atoms with Crippen LogP contribution in [0.4, 0.5) is 0 Å². The zero-order valence-corrected chi connectivity index (χ0v) is 10.4. The number of hydrogen-bond donors (Lipinski definition) is 2. The van der Waals surface area contributed by atoms with Crippen molar-refractivity contribution in [3.63, 3.8) is 0 Å². The maximum absolute atomic E-state index is 11.7. The lowest BCUT2D eigenvalue weighted by Gasteiger charge is -2.04. The van der Waals surface area contributed by atoms with Gasteiger partial charge in [-0.3, -0.25) is 9.59 Å². The first-order valence-electron chi connectivity index (χ1n) is 6.13. The molecule has 0 fully saturated rings. The molecule has 1 heterocycles. The zero-order valence-electron chi connectivity index (χ0n) is 10.4. The van der Waals surface area contributed by atoms with Gasteiger partial charge in [0.25, 0.3) is 11.5 Å². The van der Waals surface area contributed by atoms with E-state index in [1.54, 1.807) is 0 Å². The first-order valence-corrected chi connectivity index (χ1v) is 6.13. The molecule has 2 rings (SSSR count). The van der Waals surface area contributed by atoms with Crippen molar-refractivity contribution in [3.8, 4) is 0 Å². The minimum atomic E-state index is -0.319. The van der Waals surface area contributed by atoms with Crippen molar-refractivity contribution in [1.82, 2.24) is 15.5 Å². The highest BCUT2D eigenvalue weighted by Gasteiger charge is 2.05. The molecule has 5 heteroatoms. The van der Waals surface area contributed by atoms with Gasteiger partial charge in [0.1, 0.15) is 5.69 Å². The van der Waals surface area contributed by atoms with Crippen LogP contribution in [0.1, 0.15) is 22.5 Å². The number of amides is 1. The summed E-state index contributed by atoms with van der Waals surface area (Å²) in [4.78, 5) is 22.5. The molecule has 0 atom stereocenters. The van der Waals surface area contributed by atoms with Gasteiger partial charge in [0.15, 0.2) is 0 Å². The van der Waals surface area contributed by atoms with E-state index in [9.17, 15) is 9.59 Å². The smallest absolute Gasteiger partial charge is 0.271 e. The van der Waals surface area contributed by atoms with E-state index in [4.69, 9.17) is 0 Å². The Morgan fingerprint density at radius 1 is 1.16 bits per heavy atom. The number of aromatic nitrogens is 2. The van der Waals surface area contributed by atoms with E-state index in [1.807, 2.05) is 18.2 Å². The highest BCUT2D eigenvalue weighted by molar-refractivity contribution is 5.91. The third-order valence-corrected chi connectivity index (χ3v) is 2.68. The first kappa shape index (κ1) is 13.0. The van der Waals surface area contributed by atoms with Gasteiger partial charge in [-0.15, -0.1) is 0 Å². The van der Waals surface area contributed by atoms with Gasteiger partial charge in [-0.1, -0.05) is 30.3 Å². The second kappa shape index (κ2) is 6.49. The number of benzene rings is 1. The first-order chi connectivity index (χ1) is 9.25. The summed E-state index contributed by atoms with van der Waals surface area (Å²) in [7, 11) is 0. The van der Waals surface area contributed by atoms with Gasteiger partial charge in [-0.2, -0.15) is 5.10 Å². The van der Waals surface area contributed by atoms with Crippen molar-refractivity contribution >= 4 is 5.91 Å². The molecule has 0 aliphatic heterocycles. The summed E-state index contributed by atoms with van der Waals surface area (Å²) in [5.74, 6) is -0.274. The number of rotatable bonds is 5. The standard InChI is InChI=1S/C14H15N3O2/c18-13-9-8-12(16-17-13)14(19)15-10-4-7-11-5-2-1-3-6-11/h1-3,5-6,8-9H,4,7,10H2,(H,15,19)(H,17,18). The van der Waals surface area contributed by atoms with Gasteiger partial charge in [0, 0.05) is 12.6 Å². The Kier molecular flexibility index (Phi) is 4.44. The van der Waals surface area contributed by atoms with E-state index < -0.39 is 0 Å². The fraction of sp³-hybridized carbons (Fsp3) is 0.214. The Bertz CT molecular complexity index is 573. The fourth-order valence-electron chi connectivity index (χ4n) is 1.70. The van der Waals surface area contributed by atoms with Crippen LogP contribution in [0.15, 0.2) is 47.3 Å². The normalized spacial score (nSPS) is 10.1. The highest BCUT2D eigenvalue weighted by atomic mass is 16.2. The maximum atomic E-state index is 11.7. The molecule has 2 N–H and O–H groups in total. The van der Waals surface area contributed by atoms with Gasteiger partial charge in [-0.25, -0.2) is 5.10 Å². The zero-order chi connectivity index (χ0) is 13.5. The largest absolute Gasteiger partial charge is 0.351 e. The third-order valence-electron chi connectivity index (χ3n) is 2.68. The Labute approximate surface area is 110 Å². The molecule has 0 saturated heterocycles. The van der Waals surface area contributed by atoms with Gasteiger partial charge in [0.05, 0.1) is 0 Å². The van der Waals surface area contributed by atoms with Crippen LogP contribution in [0.25, 0.3) is 0 Å². The molecule has 19 heavy (non-hydrogen) atoms. The number of nitrogens with zero attached hydrogens (tertiary/aromatic N) is 1. The van der Waals surface area contributed by atoms with Gasteiger partial charge in [0.2, 0.25) is 0 Å². The van der Waals surface area contributed by atoms with Crippen LogP contribution in [-0.4, -0.2) is 22.6 Å². The Morgan fingerprint density at radius 3 is 2.63 bits per heavy atom. The molecule has 0 saturated carbocycles. The summed E-state index contributed by atoms with van der Waals surface area (Å²) in [6, 6.07) is 12.8. The van der Waals surface area contributed by atoms with Crippen LogP contribution in [0.2, 0.25) is 0 Å². The number of carbonyl (C=O) groups excluding carboxylic acids is 1. The van der Waals surface area contributed by atoms with Gasteiger partial charge < -0.3 is 5.32 Å². The Hall–Kier alpha value is -2.43. The molecule has 0 spiro atoms. The molecule has 2 aromatic rings. The number of aryl methyl sites for hydroxylation is 1. The molecule has 0 bridgehead atoms. The molecule has 98 valence electrons. The molecule has 1 aromatic carbocycles. The Balaban J connectivity index is 1.75. The molecule has 0 aliphatic rings. The summed E-state index contributed by atoms with van der Waals surface area (Å²) < 4.78 is 0. The predicted molar refractivity (Wildman–Crippen MR) is 72.0 cm³/mol. The summed E-state index contributed by atoms with van der Waals surface area (Å²) in [6.45, 7) is 0.578. The number of carbonyl (C=O) groups is 1. The Morgan fingerprint density at radius 2 is 1.95 bits per heavy atom. The number of hydrogen-bond acceptors (Lipinski definition) is 3. The van der Waals surface area contributed by atoms with Gasteiger partial charge in [-0.05, 0) is 24.5 Å². The van der Waals surface area contributed by atoms with Crippen LogP contribution in [0.3, 0.4) is 0 Å².